The van der Waals surface area contributed by atoms with Gasteiger partial charge in [0.15, 0.2) is 9.84 Å². The van der Waals surface area contributed by atoms with Crippen molar-refractivity contribution in [3.05, 3.63) is 29.8 Å². The van der Waals surface area contributed by atoms with E-state index in [1.54, 1.807) is 12.1 Å². The van der Waals surface area contributed by atoms with Gasteiger partial charge in [0, 0.05) is 26.9 Å². The minimum atomic E-state index is -3.37. The van der Waals surface area contributed by atoms with Crippen LogP contribution in [-0.4, -0.2) is 52.2 Å². The molecule has 0 aliphatic carbocycles. The third kappa shape index (κ3) is 5.80. The van der Waals surface area contributed by atoms with Crippen LogP contribution < -0.4 is 0 Å². The SMILES string of the molecule is COCCCS(=O)(=O)c1ccc(C(CC2CCOCC2)C(=O)O)cc1. The fraction of sp³-hybridized carbons (Fsp3) is 0.611. The lowest BCUT2D eigenvalue weighted by Gasteiger charge is -2.25. The van der Waals surface area contributed by atoms with E-state index in [-0.39, 0.29) is 10.6 Å². The van der Waals surface area contributed by atoms with E-state index in [1.807, 2.05) is 0 Å². The summed E-state index contributed by atoms with van der Waals surface area (Å²) in [6, 6.07) is 6.28. The van der Waals surface area contributed by atoms with E-state index in [2.05, 4.69) is 0 Å². The first kappa shape index (κ1) is 19.9. The first-order chi connectivity index (χ1) is 11.9. The van der Waals surface area contributed by atoms with Gasteiger partial charge in [0.25, 0.3) is 0 Å². The highest BCUT2D eigenvalue weighted by atomic mass is 32.2. The van der Waals surface area contributed by atoms with Crippen LogP contribution in [0.1, 0.15) is 37.2 Å². The Labute approximate surface area is 149 Å². The quantitative estimate of drug-likeness (QED) is 0.672. The first-order valence-electron chi connectivity index (χ1n) is 8.56. The van der Waals surface area contributed by atoms with Crippen LogP contribution in [0.25, 0.3) is 0 Å². The molecule has 140 valence electrons. The van der Waals surface area contributed by atoms with Crippen molar-refractivity contribution in [3.63, 3.8) is 0 Å². The molecule has 0 aromatic heterocycles. The number of methoxy groups -OCH3 is 1. The number of aliphatic carboxylic acids is 1. The third-order valence-corrected chi connectivity index (χ3v) is 6.43. The maximum Gasteiger partial charge on any atom is 0.310 e. The van der Waals surface area contributed by atoms with Crippen LogP contribution in [0.3, 0.4) is 0 Å². The fourth-order valence-electron chi connectivity index (χ4n) is 3.11. The number of ether oxygens (including phenoxy) is 2. The summed E-state index contributed by atoms with van der Waals surface area (Å²) < 4.78 is 34.7. The molecule has 0 radical (unpaired) electrons. The maximum absolute atomic E-state index is 12.3. The van der Waals surface area contributed by atoms with Crippen LogP contribution in [0, 0.1) is 5.92 Å². The average molecular weight is 370 g/mol. The van der Waals surface area contributed by atoms with E-state index in [4.69, 9.17) is 9.47 Å². The second-order valence-corrected chi connectivity index (χ2v) is 8.53. The predicted octanol–water partition coefficient (Wildman–Crippen LogP) is 2.48. The maximum atomic E-state index is 12.3. The molecular formula is C18H26O6S. The molecule has 1 saturated heterocycles. The smallest absolute Gasteiger partial charge is 0.310 e. The summed E-state index contributed by atoms with van der Waals surface area (Å²) in [6.07, 6.45) is 2.73. The van der Waals surface area contributed by atoms with Crippen molar-refractivity contribution in [1.82, 2.24) is 0 Å². The summed E-state index contributed by atoms with van der Waals surface area (Å²) in [5, 5.41) is 9.57. The molecule has 1 atom stereocenters. The van der Waals surface area contributed by atoms with Crippen LogP contribution >= 0.6 is 0 Å². The van der Waals surface area contributed by atoms with Gasteiger partial charge in [-0.3, -0.25) is 4.79 Å². The Morgan fingerprint density at radius 1 is 1.28 bits per heavy atom. The summed E-state index contributed by atoms with van der Waals surface area (Å²) in [5.41, 5.74) is 0.648. The molecule has 1 fully saturated rings. The van der Waals surface area contributed by atoms with Gasteiger partial charge in [0.2, 0.25) is 0 Å². The van der Waals surface area contributed by atoms with Crippen molar-refractivity contribution < 1.29 is 27.8 Å². The lowest BCUT2D eigenvalue weighted by atomic mass is 9.85. The number of benzene rings is 1. The summed E-state index contributed by atoms with van der Waals surface area (Å²) in [5.74, 6) is -1.15. The molecule has 0 bridgehead atoms. The minimum Gasteiger partial charge on any atom is -0.481 e. The molecule has 1 heterocycles. The topological polar surface area (TPSA) is 89.9 Å². The predicted molar refractivity (Wildman–Crippen MR) is 93.5 cm³/mol. The Morgan fingerprint density at radius 3 is 2.48 bits per heavy atom. The van der Waals surface area contributed by atoms with Crippen molar-refractivity contribution in [3.8, 4) is 0 Å². The Bertz CT molecular complexity index is 647. The second kappa shape index (κ2) is 9.31. The van der Waals surface area contributed by atoms with Crippen LogP contribution in [0.2, 0.25) is 0 Å². The summed E-state index contributed by atoms with van der Waals surface area (Å²) in [4.78, 5) is 11.9. The van der Waals surface area contributed by atoms with E-state index >= 15 is 0 Å². The largest absolute Gasteiger partial charge is 0.481 e. The standard InChI is InChI=1S/C18H26O6S/c1-23-9-2-12-25(21,22)16-5-3-15(4-6-16)17(18(19)20)13-14-7-10-24-11-8-14/h3-6,14,17H,2,7-13H2,1H3,(H,19,20). The minimum absolute atomic E-state index is 0.0185. The van der Waals surface area contributed by atoms with Gasteiger partial charge in [-0.1, -0.05) is 12.1 Å². The zero-order valence-electron chi connectivity index (χ0n) is 14.5. The molecule has 6 nitrogen and oxygen atoms in total. The van der Waals surface area contributed by atoms with Crippen LogP contribution in [0.15, 0.2) is 29.2 Å². The van der Waals surface area contributed by atoms with Gasteiger partial charge in [-0.25, -0.2) is 8.42 Å². The third-order valence-electron chi connectivity index (χ3n) is 4.61. The highest BCUT2D eigenvalue weighted by Crippen LogP contribution is 2.30. The van der Waals surface area contributed by atoms with Crippen molar-refractivity contribution in [1.29, 1.82) is 0 Å². The molecule has 25 heavy (non-hydrogen) atoms. The number of sulfone groups is 1. The number of hydrogen-bond donors (Lipinski definition) is 1. The van der Waals surface area contributed by atoms with E-state index in [9.17, 15) is 18.3 Å². The Kier molecular flexibility index (Phi) is 7.40. The Hall–Kier alpha value is -1.44. The first-order valence-corrected chi connectivity index (χ1v) is 10.2. The molecule has 1 aliphatic rings. The van der Waals surface area contributed by atoms with Gasteiger partial charge in [0.1, 0.15) is 0 Å². The molecule has 1 aliphatic heterocycles. The highest BCUT2D eigenvalue weighted by molar-refractivity contribution is 7.91. The van der Waals surface area contributed by atoms with Gasteiger partial charge >= 0.3 is 5.97 Å². The summed E-state index contributed by atoms with van der Waals surface area (Å²) in [7, 11) is -1.83. The van der Waals surface area contributed by atoms with E-state index in [1.165, 1.54) is 19.2 Å². The highest BCUT2D eigenvalue weighted by Gasteiger charge is 2.26. The molecule has 1 N–H and O–H groups in total. The van der Waals surface area contributed by atoms with E-state index in [0.29, 0.717) is 44.1 Å². The van der Waals surface area contributed by atoms with Crippen LogP contribution in [0.5, 0.6) is 0 Å². The van der Waals surface area contributed by atoms with E-state index in [0.717, 1.165) is 12.8 Å². The van der Waals surface area contributed by atoms with Gasteiger partial charge < -0.3 is 14.6 Å². The second-order valence-electron chi connectivity index (χ2n) is 6.42. The number of hydrogen-bond acceptors (Lipinski definition) is 5. The molecule has 7 heteroatoms. The van der Waals surface area contributed by atoms with E-state index < -0.39 is 21.7 Å². The number of rotatable bonds is 9. The van der Waals surface area contributed by atoms with Crippen molar-refractivity contribution in [2.75, 3.05) is 32.7 Å². The zero-order chi connectivity index (χ0) is 18.3. The monoisotopic (exact) mass is 370 g/mol. The normalized spacial score (nSPS) is 17.3. The summed E-state index contributed by atoms with van der Waals surface area (Å²) in [6.45, 7) is 1.74. The number of carbonyl (C=O) groups is 1. The molecule has 0 spiro atoms. The van der Waals surface area contributed by atoms with Crippen molar-refractivity contribution in [2.24, 2.45) is 5.92 Å². The van der Waals surface area contributed by atoms with Crippen molar-refractivity contribution in [2.45, 2.75) is 36.5 Å². The Balaban J connectivity index is 2.08. The molecule has 1 aromatic rings. The number of carboxylic acids is 1. The molecular weight excluding hydrogens is 344 g/mol. The lowest BCUT2D eigenvalue weighted by Crippen LogP contribution is -2.21. The van der Waals surface area contributed by atoms with Crippen molar-refractivity contribution >= 4 is 15.8 Å². The molecule has 0 saturated carbocycles. The van der Waals surface area contributed by atoms with Gasteiger partial charge in [-0.2, -0.15) is 0 Å². The van der Waals surface area contributed by atoms with Gasteiger partial charge in [-0.05, 0) is 49.3 Å². The molecule has 0 amide bonds. The molecule has 1 unspecified atom stereocenters. The summed E-state index contributed by atoms with van der Waals surface area (Å²) >= 11 is 0. The molecule has 1 aromatic carbocycles. The van der Waals surface area contributed by atoms with Gasteiger partial charge in [-0.15, -0.1) is 0 Å². The molecule has 2 rings (SSSR count). The van der Waals surface area contributed by atoms with Gasteiger partial charge in [0.05, 0.1) is 16.6 Å². The fourth-order valence-corrected chi connectivity index (χ4v) is 4.40. The lowest BCUT2D eigenvalue weighted by molar-refractivity contribution is -0.139. The zero-order valence-corrected chi connectivity index (χ0v) is 15.3. The van der Waals surface area contributed by atoms with Crippen LogP contribution in [0.4, 0.5) is 0 Å². The van der Waals surface area contributed by atoms with Crippen LogP contribution in [-0.2, 0) is 24.1 Å². The number of carboxylic acid groups (broad SMARTS) is 1. The average Bonchev–Trinajstić information content (AvgIpc) is 2.60. The Morgan fingerprint density at radius 2 is 1.92 bits per heavy atom.